The molecule has 2 aromatic heterocycles. The number of rotatable bonds is 3. The van der Waals surface area contributed by atoms with E-state index in [1.165, 1.54) is 5.56 Å². The quantitative estimate of drug-likeness (QED) is 0.935. The van der Waals surface area contributed by atoms with Gasteiger partial charge in [-0.15, -0.1) is 0 Å². The highest BCUT2D eigenvalue weighted by molar-refractivity contribution is 7.07. The minimum atomic E-state index is -0.103. The van der Waals surface area contributed by atoms with Crippen molar-refractivity contribution >= 4 is 11.3 Å². The molecule has 0 bridgehead atoms. The molecule has 0 spiro atoms. The molecule has 1 fully saturated rings. The monoisotopic (exact) mass is 291 g/mol. The van der Waals surface area contributed by atoms with Crippen LogP contribution < -0.4 is 5.56 Å². The fraction of sp³-hybridized carbons (Fsp3) is 0.429. The van der Waals surface area contributed by atoms with Gasteiger partial charge < -0.3 is 9.72 Å². The van der Waals surface area contributed by atoms with Crippen LogP contribution in [0.25, 0.3) is 0 Å². The van der Waals surface area contributed by atoms with Crippen LogP contribution in [-0.4, -0.2) is 34.6 Å². The van der Waals surface area contributed by atoms with Crippen LogP contribution in [0.1, 0.15) is 23.1 Å². The van der Waals surface area contributed by atoms with Gasteiger partial charge in [0, 0.05) is 19.2 Å². The molecule has 1 aliphatic rings. The number of aromatic nitrogens is 2. The Morgan fingerprint density at radius 1 is 1.60 bits per heavy atom. The number of hydrogen-bond acceptors (Lipinski definition) is 5. The van der Waals surface area contributed by atoms with Gasteiger partial charge in [0.15, 0.2) is 0 Å². The molecule has 0 aromatic carbocycles. The maximum atomic E-state index is 11.6. The molecule has 1 atom stereocenters. The highest BCUT2D eigenvalue weighted by atomic mass is 32.1. The molecule has 3 rings (SSSR count). The maximum absolute atomic E-state index is 11.6. The number of morpholine rings is 1. The van der Waals surface area contributed by atoms with Crippen LogP contribution in [0.5, 0.6) is 0 Å². The van der Waals surface area contributed by atoms with Crippen molar-refractivity contribution in [3.8, 4) is 0 Å². The lowest BCUT2D eigenvalue weighted by atomic mass is 10.1. The number of aryl methyl sites for hydroxylation is 1. The van der Waals surface area contributed by atoms with Crippen molar-refractivity contribution in [2.24, 2.45) is 0 Å². The van der Waals surface area contributed by atoms with E-state index in [9.17, 15) is 4.79 Å². The Morgan fingerprint density at radius 2 is 2.50 bits per heavy atom. The van der Waals surface area contributed by atoms with E-state index in [0.717, 1.165) is 25.4 Å². The number of ether oxygens (including phenoxy) is 1. The first-order valence-electron chi connectivity index (χ1n) is 6.63. The number of aromatic amines is 1. The summed E-state index contributed by atoms with van der Waals surface area (Å²) in [6.45, 7) is 4.83. The van der Waals surface area contributed by atoms with Gasteiger partial charge in [0.1, 0.15) is 5.82 Å². The van der Waals surface area contributed by atoms with Gasteiger partial charge in [0.05, 0.1) is 24.9 Å². The summed E-state index contributed by atoms with van der Waals surface area (Å²) in [6, 6.07) is 3.75. The first-order chi connectivity index (χ1) is 9.72. The molecule has 0 aliphatic carbocycles. The molecule has 3 heterocycles. The Labute approximate surface area is 121 Å². The summed E-state index contributed by atoms with van der Waals surface area (Å²) in [4.78, 5) is 21.1. The summed E-state index contributed by atoms with van der Waals surface area (Å²) >= 11 is 1.70. The van der Waals surface area contributed by atoms with Crippen molar-refractivity contribution < 1.29 is 4.74 Å². The van der Waals surface area contributed by atoms with Crippen LogP contribution >= 0.6 is 11.3 Å². The third-order valence-corrected chi connectivity index (χ3v) is 4.16. The predicted octanol–water partition coefficient (Wildman–Crippen LogP) is 1.71. The zero-order chi connectivity index (χ0) is 13.9. The summed E-state index contributed by atoms with van der Waals surface area (Å²) in [7, 11) is 0. The van der Waals surface area contributed by atoms with Crippen LogP contribution in [0, 0.1) is 6.92 Å². The number of thiophene rings is 1. The Bertz CT molecular complexity index is 624. The minimum absolute atomic E-state index is 0.0460. The van der Waals surface area contributed by atoms with Crippen molar-refractivity contribution in [2.75, 3.05) is 19.8 Å². The molecule has 1 saturated heterocycles. The second kappa shape index (κ2) is 5.87. The van der Waals surface area contributed by atoms with Gasteiger partial charge in [-0.05, 0) is 29.3 Å². The van der Waals surface area contributed by atoms with Crippen LogP contribution in [-0.2, 0) is 11.3 Å². The minimum Gasteiger partial charge on any atom is -0.378 e. The summed E-state index contributed by atoms with van der Waals surface area (Å²) in [5, 5.41) is 4.24. The van der Waals surface area contributed by atoms with Gasteiger partial charge in [-0.25, -0.2) is 4.98 Å². The van der Waals surface area contributed by atoms with Gasteiger partial charge in [-0.3, -0.25) is 9.69 Å². The van der Waals surface area contributed by atoms with E-state index in [2.05, 4.69) is 31.7 Å². The second-order valence-electron chi connectivity index (χ2n) is 4.95. The molecular formula is C14H17N3O2S. The SMILES string of the molecule is Cc1nc([C@@H]2COCCN2Cc2ccsc2)cc(=O)[nH]1. The fourth-order valence-electron chi connectivity index (χ4n) is 2.49. The molecule has 5 nitrogen and oxygen atoms in total. The number of hydrogen-bond donors (Lipinski definition) is 1. The van der Waals surface area contributed by atoms with E-state index < -0.39 is 0 Å². The standard InChI is InChI=1S/C14H17N3O2S/c1-10-15-12(6-14(18)16-10)13-8-19-4-3-17(13)7-11-2-5-20-9-11/h2,5-6,9,13H,3-4,7-8H2,1H3,(H,15,16,18)/t13-/m0/s1. The largest absolute Gasteiger partial charge is 0.378 e. The molecule has 0 radical (unpaired) electrons. The zero-order valence-electron chi connectivity index (χ0n) is 11.3. The van der Waals surface area contributed by atoms with Crippen LogP contribution in [0.4, 0.5) is 0 Å². The molecule has 106 valence electrons. The van der Waals surface area contributed by atoms with Gasteiger partial charge >= 0.3 is 0 Å². The van der Waals surface area contributed by atoms with Gasteiger partial charge in [-0.2, -0.15) is 11.3 Å². The Morgan fingerprint density at radius 3 is 3.25 bits per heavy atom. The zero-order valence-corrected chi connectivity index (χ0v) is 12.2. The molecule has 0 saturated carbocycles. The lowest BCUT2D eigenvalue weighted by molar-refractivity contribution is -0.0143. The smallest absolute Gasteiger partial charge is 0.251 e. The number of nitrogens with one attached hydrogen (secondary N) is 1. The van der Waals surface area contributed by atoms with E-state index in [0.29, 0.717) is 12.4 Å². The third-order valence-electron chi connectivity index (χ3n) is 3.43. The number of H-pyrrole nitrogens is 1. The van der Waals surface area contributed by atoms with Crippen LogP contribution in [0.15, 0.2) is 27.7 Å². The summed E-state index contributed by atoms with van der Waals surface area (Å²) < 4.78 is 5.57. The lowest BCUT2D eigenvalue weighted by Crippen LogP contribution is -2.39. The molecule has 6 heteroatoms. The van der Waals surface area contributed by atoms with Crippen LogP contribution in [0.3, 0.4) is 0 Å². The third kappa shape index (κ3) is 2.98. The van der Waals surface area contributed by atoms with E-state index >= 15 is 0 Å². The Kier molecular flexibility index (Phi) is 3.95. The van der Waals surface area contributed by atoms with Gasteiger partial charge in [0.2, 0.25) is 0 Å². The molecule has 0 unspecified atom stereocenters. The van der Waals surface area contributed by atoms with Crippen LogP contribution in [0.2, 0.25) is 0 Å². The molecule has 2 aromatic rings. The van der Waals surface area contributed by atoms with Crippen molar-refractivity contribution in [1.29, 1.82) is 0 Å². The first kappa shape index (κ1) is 13.5. The van der Waals surface area contributed by atoms with Crippen molar-refractivity contribution in [3.63, 3.8) is 0 Å². The molecule has 1 aliphatic heterocycles. The Balaban J connectivity index is 1.86. The number of nitrogens with zero attached hydrogens (tertiary/aromatic N) is 2. The molecular weight excluding hydrogens is 274 g/mol. The maximum Gasteiger partial charge on any atom is 0.251 e. The van der Waals surface area contributed by atoms with Crippen molar-refractivity contribution in [3.05, 3.63) is 50.3 Å². The summed E-state index contributed by atoms with van der Waals surface area (Å²) in [5.74, 6) is 0.647. The van der Waals surface area contributed by atoms with Gasteiger partial charge in [0.25, 0.3) is 5.56 Å². The fourth-order valence-corrected chi connectivity index (χ4v) is 3.15. The first-order valence-corrected chi connectivity index (χ1v) is 7.57. The molecule has 0 amide bonds. The predicted molar refractivity (Wildman–Crippen MR) is 77.9 cm³/mol. The molecule has 1 N–H and O–H groups in total. The average molecular weight is 291 g/mol. The van der Waals surface area contributed by atoms with E-state index in [1.807, 2.05) is 0 Å². The lowest BCUT2D eigenvalue weighted by Gasteiger charge is -2.35. The topological polar surface area (TPSA) is 58.2 Å². The van der Waals surface area contributed by atoms with E-state index in [1.54, 1.807) is 24.3 Å². The van der Waals surface area contributed by atoms with Crippen molar-refractivity contribution in [1.82, 2.24) is 14.9 Å². The second-order valence-corrected chi connectivity index (χ2v) is 5.73. The van der Waals surface area contributed by atoms with Crippen molar-refractivity contribution in [2.45, 2.75) is 19.5 Å². The highest BCUT2D eigenvalue weighted by Crippen LogP contribution is 2.24. The summed E-state index contributed by atoms with van der Waals surface area (Å²) in [6.07, 6.45) is 0. The average Bonchev–Trinajstić information content (AvgIpc) is 2.91. The summed E-state index contributed by atoms with van der Waals surface area (Å²) in [5.41, 5.74) is 1.98. The normalized spacial score (nSPS) is 20.1. The van der Waals surface area contributed by atoms with Gasteiger partial charge in [-0.1, -0.05) is 0 Å². The Hall–Kier alpha value is -1.50. The van der Waals surface area contributed by atoms with E-state index in [4.69, 9.17) is 4.74 Å². The highest BCUT2D eigenvalue weighted by Gasteiger charge is 2.26. The van der Waals surface area contributed by atoms with E-state index in [-0.39, 0.29) is 11.6 Å². The molecule has 20 heavy (non-hydrogen) atoms.